The number of benzene rings is 1. The Morgan fingerprint density at radius 3 is 2.80 bits per heavy atom. The van der Waals surface area contributed by atoms with Gasteiger partial charge in [-0.3, -0.25) is 4.90 Å². The monoisotopic (exact) mass is 279 g/mol. The van der Waals surface area contributed by atoms with E-state index in [-0.39, 0.29) is 6.61 Å². The van der Waals surface area contributed by atoms with E-state index in [4.69, 9.17) is 9.47 Å². The normalized spacial score (nSPS) is 13.8. The molecule has 1 aromatic rings. The summed E-state index contributed by atoms with van der Waals surface area (Å²) < 4.78 is 11.4. The molecule has 1 aromatic carbocycles. The number of rotatable bonds is 8. The van der Waals surface area contributed by atoms with E-state index >= 15 is 0 Å². The highest BCUT2D eigenvalue weighted by Crippen LogP contribution is 2.34. The summed E-state index contributed by atoms with van der Waals surface area (Å²) in [5.41, 5.74) is 1.15. The van der Waals surface area contributed by atoms with E-state index in [0.717, 1.165) is 30.2 Å². The molecule has 4 nitrogen and oxygen atoms in total. The maximum absolute atomic E-state index is 9.21. The number of hydrogen-bond donors (Lipinski definition) is 1. The third kappa shape index (κ3) is 4.12. The van der Waals surface area contributed by atoms with Crippen LogP contribution in [0, 0.1) is 0 Å². The predicted molar refractivity (Wildman–Crippen MR) is 79.3 cm³/mol. The third-order valence-electron chi connectivity index (χ3n) is 3.54. The van der Waals surface area contributed by atoms with Crippen molar-refractivity contribution in [1.82, 2.24) is 4.90 Å². The van der Waals surface area contributed by atoms with Crippen LogP contribution >= 0.6 is 0 Å². The van der Waals surface area contributed by atoms with Gasteiger partial charge in [-0.2, -0.15) is 0 Å². The smallest absolute Gasteiger partial charge is 0.165 e. The highest BCUT2D eigenvalue weighted by atomic mass is 16.6. The molecule has 0 radical (unpaired) electrons. The first-order valence-electron chi connectivity index (χ1n) is 7.56. The Labute approximate surface area is 121 Å². The van der Waals surface area contributed by atoms with E-state index in [1.165, 1.54) is 19.3 Å². The average Bonchev–Trinajstić information content (AvgIpc) is 2.48. The van der Waals surface area contributed by atoms with Gasteiger partial charge in [-0.05, 0) is 19.0 Å². The zero-order chi connectivity index (χ0) is 14.2. The molecule has 1 aliphatic rings. The summed E-state index contributed by atoms with van der Waals surface area (Å²) >= 11 is 0. The van der Waals surface area contributed by atoms with Crippen LogP contribution in [0.15, 0.2) is 18.2 Å². The van der Waals surface area contributed by atoms with Gasteiger partial charge in [0.05, 0.1) is 6.61 Å². The Hall–Kier alpha value is -1.26. The van der Waals surface area contributed by atoms with Gasteiger partial charge in [0.15, 0.2) is 11.5 Å². The molecule has 1 N–H and O–H groups in total. The quantitative estimate of drug-likeness (QED) is 0.742. The molecule has 112 valence electrons. The molecule has 0 aromatic heterocycles. The van der Waals surface area contributed by atoms with Crippen molar-refractivity contribution in [3.63, 3.8) is 0 Å². The first-order chi connectivity index (χ1) is 9.85. The van der Waals surface area contributed by atoms with Crippen LogP contribution in [0.3, 0.4) is 0 Å². The lowest BCUT2D eigenvalue weighted by atomic mass is 10.1. The number of aliphatic hydroxyl groups excluding tert-OH is 1. The average molecular weight is 279 g/mol. The van der Waals surface area contributed by atoms with E-state index in [2.05, 4.69) is 17.9 Å². The van der Waals surface area contributed by atoms with Gasteiger partial charge in [0, 0.05) is 18.7 Å². The van der Waals surface area contributed by atoms with Crippen LogP contribution < -0.4 is 9.47 Å². The van der Waals surface area contributed by atoms with Gasteiger partial charge < -0.3 is 14.6 Å². The SMILES string of the molecule is CCCCCN(CCO)Cc1cccc2c1OCCO2. The van der Waals surface area contributed by atoms with Crippen molar-refractivity contribution in [3.8, 4) is 11.5 Å². The summed E-state index contributed by atoms with van der Waals surface area (Å²) in [5, 5.41) is 9.21. The standard InChI is InChI=1S/C16H25NO3/c1-2-3-4-8-17(9-10-18)13-14-6-5-7-15-16(14)20-12-11-19-15/h5-7,18H,2-4,8-13H2,1H3. The Balaban J connectivity index is 2.02. The van der Waals surface area contributed by atoms with Crippen molar-refractivity contribution in [2.24, 2.45) is 0 Å². The molecule has 0 aliphatic carbocycles. The second-order valence-corrected chi connectivity index (χ2v) is 5.15. The molecule has 0 unspecified atom stereocenters. The van der Waals surface area contributed by atoms with Crippen molar-refractivity contribution in [1.29, 1.82) is 0 Å². The molecule has 1 aliphatic heterocycles. The van der Waals surface area contributed by atoms with Gasteiger partial charge in [-0.15, -0.1) is 0 Å². The number of hydrogen-bond acceptors (Lipinski definition) is 4. The van der Waals surface area contributed by atoms with Crippen LogP contribution in [-0.2, 0) is 6.54 Å². The summed E-state index contributed by atoms with van der Waals surface area (Å²) in [6, 6.07) is 6.04. The topological polar surface area (TPSA) is 41.9 Å². The van der Waals surface area contributed by atoms with E-state index in [1.54, 1.807) is 0 Å². The lowest BCUT2D eigenvalue weighted by Gasteiger charge is -2.25. The largest absolute Gasteiger partial charge is 0.486 e. The molecule has 0 atom stereocenters. The van der Waals surface area contributed by atoms with Gasteiger partial charge in [0.25, 0.3) is 0 Å². The number of nitrogens with zero attached hydrogens (tertiary/aromatic N) is 1. The lowest BCUT2D eigenvalue weighted by molar-refractivity contribution is 0.161. The third-order valence-corrected chi connectivity index (χ3v) is 3.54. The molecular weight excluding hydrogens is 254 g/mol. The number of unbranched alkanes of at least 4 members (excludes halogenated alkanes) is 2. The van der Waals surface area contributed by atoms with Gasteiger partial charge in [-0.25, -0.2) is 0 Å². The molecule has 2 rings (SSSR count). The first kappa shape index (κ1) is 15.1. The number of para-hydroxylation sites is 1. The van der Waals surface area contributed by atoms with Crippen LogP contribution in [0.1, 0.15) is 31.7 Å². The van der Waals surface area contributed by atoms with Crippen LogP contribution in [0.25, 0.3) is 0 Å². The Morgan fingerprint density at radius 1 is 1.15 bits per heavy atom. The lowest BCUT2D eigenvalue weighted by Crippen LogP contribution is -2.28. The van der Waals surface area contributed by atoms with Crippen molar-refractivity contribution >= 4 is 0 Å². The molecule has 4 heteroatoms. The molecule has 1 heterocycles. The summed E-state index contributed by atoms with van der Waals surface area (Å²) in [4.78, 5) is 2.28. The Morgan fingerprint density at radius 2 is 2.00 bits per heavy atom. The summed E-state index contributed by atoms with van der Waals surface area (Å²) in [5.74, 6) is 1.71. The first-order valence-corrected chi connectivity index (χ1v) is 7.56. The Kier molecular flexibility index (Phi) is 6.15. The molecule has 0 saturated heterocycles. The minimum atomic E-state index is 0.193. The zero-order valence-electron chi connectivity index (χ0n) is 12.3. The van der Waals surface area contributed by atoms with E-state index in [0.29, 0.717) is 19.8 Å². The second-order valence-electron chi connectivity index (χ2n) is 5.15. The maximum atomic E-state index is 9.21. The molecular formula is C16H25NO3. The van der Waals surface area contributed by atoms with Gasteiger partial charge in [0.1, 0.15) is 13.2 Å². The van der Waals surface area contributed by atoms with Crippen LogP contribution in [0.2, 0.25) is 0 Å². The van der Waals surface area contributed by atoms with Crippen molar-refractivity contribution in [2.75, 3.05) is 32.9 Å². The van der Waals surface area contributed by atoms with Crippen LogP contribution in [0.5, 0.6) is 11.5 Å². The Bertz CT molecular complexity index is 409. The molecule has 0 spiro atoms. The molecule has 20 heavy (non-hydrogen) atoms. The van der Waals surface area contributed by atoms with E-state index in [9.17, 15) is 5.11 Å². The summed E-state index contributed by atoms with van der Waals surface area (Å²) in [6.07, 6.45) is 3.61. The fraction of sp³-hybridized carbons (Fsp3) is 0.625. The van der Waals surface area contributed by atoms with Gasteiger partial charge >= 0.3 is 0 Å². The fourth-order valence-electron chi connectivity index (χ4n) is 2.50. The van der Waals surface area contributed by atoms with Crippen molar-refractivity contribution in [3.05, 3.63) is 23.8 Å². The number of aliphatic hydroxyl groups is 1. The molecule has 0 fully saturated rings. The number of ether oxygens (including phenoxy) is 2. The predicted octanol–water partition coefficient (Wildman–Crippen LogP) is 2.44. The second kappa shape index (κ2) is 8.12. The van der Waals surface area contributed by atoms with Crippen LogP contribution in [0.4, 0.5) is 0 Å². The van der Waals surface area contributed by atoms with Crippen molar-refractivity contribution in [2.45, 2.75) is 32.7 Å². The highest BCUT2D eigenvalue weighted by Gasteiger charge is 2.17. The fourth-order valence-corrected chi connectivity index (χ4v) is 2.50. The summed E-state index contributed by atoms with van der Waals surface area (Å²) in [6.45, 7) is 6.14. The molecule has 0 saturated carbocycles. The minimum Gasteiger partial charge on any atom is -0.486 e. The molecule has 0 bridgehead atoms. The van der Waals surface area contributed by atoms with Gasteiger partial charge in [0.2, 0.25) is 0 Å². The van der Waals surface area contributed by atoms with E-state index < -0.39 is 0 Å². The van der Waals surface area contributed by atoms with Gasteiger partial charge in [-0.1, -0.05) is 31.9 Å². The zero-order valence-corrected chi connectivity index (χ0v) is 12.3. The summed E-state index contributed by atoms with van der Waals surface area (Å²) in [7, 11) is 0. The maximum Gasteiger partial charge on any atom is 0.165 e. The molecule has 0 amide bonds. The minimum absolute atomic E-state index is 0.193. The van der Waals surface area contributed by atoms with Crippen LogP contribution in [-0.4, -0.2) is 42.9 Å². The van der Waals surface area contributed by atoms with E-state index in [1.807, 2.05) is 12.1 Å². The van der Waals surface area contributed by atoms with Crippen molar-refractivity contribution < 1.29 is 14.6 Å². The highest BCUT2D eigenvalue weighted by molar-refractivity contribution is 5.47. The number of fused-ring (bicyclic) bond motifs is 1.